The molecule has 0 unspecified atom stereocenters. The van der Waals surface area contributed by atoms with Crippen LogP contribution in [0.4, 0.5) is 5.69 Å². The summed E-state index contributed by atoms with van der Waals surface area (Å²) in [5.41, 5.74) is 1.99. The Balaban J connectivity index is 1.78. The fraction of sp³-hybridized carbons (Fsp3) is 0.190. The molecule has 6 nitrogen and oxygen atoms in total. The number of nitrogens with one attached hydrogen (secondary N) is 2. The van der Waals surface area contributed by atoms with Gasteiger partial charge in [-0.2, -0.15) is 0 Å². The van der Waals surface area contributed by atoms with Crippen molar-refractivity contribution in [2.45, 2.75) is 25.5 Å². The molecule has 0 fully saturated rings. The largest absolute Gasteiger partial charge is 0.384 e. The van der Waals surface area contributed by atoms with Gasteiger partial charge in [-0.25, -0.2) is 4.98 Å². The molecule has 0 spiro atoms. The number of hydrogen-bond acceptors (Lipinski definition) is 5. The van der Waals surface area contributed by atoms with Gasteiger partial charge in [0.15, 0.2) is 0 Å². The highest BCUT2D eigenvalue weighted by Gasteiger charge is 2.22. The zero-order chi connectivity index (χ0) is 19.9. The van der Waals surface area contributed by atoms with Crippen molar-refractivity contribution in [3.8, 4) is 0 Å². The highest BCUT2D eigenvalue weighted by atomic mass is 32.1. The Bertz CT molecular complexity index is 926. The van der Waals surface area contributed by atoms with Gasteiger partial charge in [0, 0.05) is 11.1 Å². The summed E-state index contributed by atoms with van der Waals surface area (Å²) < 4.78 is 0. The lowest BCUT2D eigenvalue weighted by Gasteiger charge is -2.18. The highest BCUT2D eigenvalue weighted by molar-refractivity contribution is 7.10. The number of rotatable bonds is 7. The number of amides is 2. The molecular weight excluding hydrogens is 374 g/mol. The standard InChI is InChI=1S/C21H21N3O3S/c1-14(25)19(26)23-17(12-15-8-4-2-5-9-15)21-24-18(13-28-21)20(27)22-16-10-6-3-7-11-16/h2-11,13-14,17,25H,12H2,1H3,(H,22,27)(H,23,26)/t14-,17+/m0/s1. The quantitative estimate of drug-likeness (QED) is 0.573. The Morgan fingerprint density at radius 1 is 1.07 bits per heavy atom. The molecule has 0 aliphatic rings. The number of aliphatic hydroxyl groups is 1. The molecule has 0 bridgehead atoms. The van der Waals surface area contributed by atoms with Crippen molar-refractivity contribution >= 4 is 28.8 Å². The van der Waals surface area contributed by atoms with E-state index in [1.807, 2.05) is 48.5 Å². The molecule has 28 heavy (non-hydrogen) atoms. The summed E-state index contributed by atoms with van der Waals surface area (Å²) in [4.78, 5) is 28.9. The second-order valence-corrected chi connectivity index (χ2v) is 7.21. The summed E-state index contributed by atoms with van der Waals surface area (Å²) in [6.07, 6.45) is -0.619. The molecule has 1 aromatic heterocycles. The Hall–Kier alpha value is -3.03. The summed E-state index contributed by atoms with van der Waals surface area (Å²) in [5.74, 6) is -0.791. The number of hydrogen-bond donors (Lipinski definition) is 3. The number of nitrogens with zero attached hydrogens (tertiary/aromatic N) is 1. The van der Waals surface area contributed by atoms with E-state index in [1.165, 1.54) is 18.3 Å². The number of aromatic nitrogens is 1. The number of anilines is 1. The zero-order valence-electron chi connectivity index (χ0n) is 15.3. The molecular formula is C21H21N3O3S. The number of carbonyl (C=O) groups excluding carboxylic acids is 2. The van der Waals surface area contributed by atoms with E-state index in [1.54, 1.807) is 17.5 Å². The van der Waals surface area contributed by atoms with Crippen LogP contribution in [-0.2, 0) is 11.2 Å². The van der Waals surface area contributed by atoms with Gasteiger partial charge in [0.05, 0.1) is 6.04 Å². The van der Waals surface area contributed by atoms with E-state index in [0.29, 0.717) is 17.1 Å². The minimum atomic E-state index is -1.13. The monoisotopic (exact) mass is 395 g/mol. The van der Waals surface area contributed by atoms with Crippen LogP contribution < -0.4 is 10.6 Å². The average molecular weight is 395 g/mol. The van der Waals surface area contributed by atoms with Gasteiger partial charge in [0.2, 0.25) is 5.91 Å². The Morgan fingerprint density at radius 3 is 2.36 bits per heavy atom. The fourth-order valence-electron chi connectivity index (χ4n) is 2.61. The lowest BCUT2D eigenvalue weighted by molar-refractivity contribution is -0.129. The van der Waals surface area contributed by atoms with Crippen molar-refractivity contribution in [3.05, 3.63) is 82.3 Å². The van der Waals surface area contributed by atoms with Crippen LogP contribution in [0.3, 0.4) is 0 Å². The van der Waals surface area contributed by atoms with Gasteiger partial charge in [-0.15, -0.1) is 11.3 Å². The number of thiazole rings is 1. The van der Waals surface area contributed by atoms with Crippen molar-refractivity contribution in [2.24, 2.45) is 0 Å². The molecule has 1 heterocycles. The molecule has 0 aliphatic heterocycles. The van der Waals surface area contributed by atoms with E-state index in [9.17, 15) is 14.7 Å². The summed E-state index contributed by atoms with van der Waals surface area (Å²) in [6.45, 7) is 1.41. The molecule has 2 amide bonds. The fourth-order valence-corrected chi connectivity index (χ4v) is 3.46. The molecule has 0 saturated carbocycles. The van der Waals surface area contributed by atoms with Gasteiger partial charge in [-0.3, -0.25) is 9.59 Å². The topological polar surface area (TPSA) is 91.3 Å². The maximum absolute atomic E-state index is 12.4. The Labute approximate surface area is 167 Å². The SMILES string of the molecule is C[C@H](O)C(=O)N[C@H](Cc1ccccc1)c1nc(C(=O)Nc2ccccc2)cs1. The van der Waals surface area contributed by atoms with Crippen molar-refractivity contribution in [1.29, 1.82) is 0 Å². The first-order valence-electron chi connectivity index (χ1n) is 8.87. The van der Waals surface area contributed by atoms with E-state index < -0.39 is 18.1 Å². The average Bonchev–Trinajstić information content (AvgIpc) is 3.19. The maximum Gasteiger partial charge on any atom is 0.275 e. The molecule has 7 heteroatoms. The predicted octanol–water partition coefficient (Wildman–Crippen LogP) is 3.18. The lowest BCUT2D eigenvalue weighted by atomic mass is 10.1. The number of para-hydroxylation sites is 1. The molecule has 3 N–H and O–H groups in total. The third-order valence-electron chi connectivity index (χ3n) is 4.06. The maximum atomic E-state index is 12.4. The number of carbonyl (C=O) groups is 2. The Kier molecular flexibility index (Phi) is 6.52. The summed E-state index contributed by atoms with van der Waals surface area (Å²) in [7, 11) is 0. The molecule has 144 valence electrons. The first-order valence-corrected chi connectivity index (χ1v) is 9.75. The Morgan fingerprint density at radius 2 is 1.71 bits per heavy atom. The summed E-state index contributed by atoms with van der Waals surface area (Å²) in [6, 6.07) is 18.4. The number of benzene rings is 2. The predicted molar refractivity (Wildman–Crippen MR) is 109 cm³/mol. The van der Waals surface area contributed by atoms with Crippen LogP contribution >= 0.6 is 11.3 Å². The van der Waals surface area contributed by atoms with Crippen LogP contribution in [0.5, 0.6) is 0 Å². The lowest BCUT2D eigenvalue weighted by Crippen LogP contribution is -2.36. The van der Waals surface area contributed by atoms with Crippen molar-refractivity contribution in [2.75, 3.05) is 5.32 Å². The van der Waals surface area contributed by atoms with E-state index in [0.717, 1.165) is 5.56 Å². The molecule has 3 aromatic rings. The second kappa shape index (κ2) is 9.25. The van der Waals surface area contributed by atoms with Crippen molar-refractivity contribution in [3.63, 3.8) is 0 Å². The zero-order valence-corrected chi connectivity index (χ0v) is 16.1. The minimum Gasteiger partial charge on any atom is -0.384 e. The van der Waals surface area contributed by atoms with Crippen LogP contribution in [0.1, 0.15) is 34.0 Å². The minimum absolute atomic E-state index is 0.285. The van der Waals surface area contributed by atoms with Gasteiger partial charge >= 0.3 is 0 Å². The molecule has 0 radical (unpaired) electrons. The van der Waals surface area contributed by atoms with Gasteiger partial charge < -0.3 is 15.7 Å². The third kappa shape index (κ3) is 5.25. The first kappa shape index (κ1) is 19.7. The van der Waals surface area contributed by atoms with Crippen LogP contribution in [0.2, 0.25) is 0 Å². The van der Waals surface area contributed by atoms with Crippen LogP contribution in [0, 0.1) is 0 Å². The van der Waals surface area contributed by atoms with Crippen molar-refractivity contribution < 1.29 is 14.7 Å². The molecule has 2 aromatic carbocycles. The van der Waals surface area contributed by atoms with Crippen molar-refractivity contribution in [1.82, 2.24) is 10.3 Å². The normalized spacial score (nSPS) is 12.8. The highest BCUT2D eigenvalue weighted by Crippen LogP contribution is 2.23. The summed E-state index contributed by atoms with van der Waals surface area (Å²) in [5, 5.41) is 17.4. The smallest absolute Gasteiger partial charge is 0.275 e. The first-order chi connectivity index (χ1) is 13.5. The van der Waals surface area contributed by atoms with E-state index in [-0.39, 0.29) is 11.6 Å². The van der Waals surface area contributed by atoms with Gasteiger partial charge in [-0.1, -0.05) is 48.5 Å². The molecule has 0 aliphatic carbocycles. The van der Waals surface area contributed by atoms with Crippen LogP contribution in [0.25, 0.3) is 0 Å². The van der Waals surface area contributed by atoms with Gasteiger partial charge in [0.1, 0.15) is 16.8 Å². The second-order valence-electron chi connectivity index (χ2n) is 6.32. The van der Waals surface area contributed by atoms with Crippen LogP contribution in [0.15, 0.2) is 66.0 Å². The van der Waals surface area contributed by atoms with E-state index in [4.69, 9.17) is 0 Å². The number of aliphatic hydroxyl groups excluding tert-OH is 1. The van der Waals surface area contributed by atoms with Gasteiger partial charge in [-0.05, 0) is 31.0 Å². The van der Waals surface area contributed by atoms with Crippen LogP contribution in [-0.4, -0.2) is 28.0 Å². The summed E-state index contributed by atoms with van der Waals surface area (Å²) >= 11 is 1.30. The molecule has 2 atom stereocenters. The van der Waals surface area contributed by atoms with Gasteiger partial charge in [0.25, 0.3) is 5.91 Å². The van der Waals surface area contributed by atoms with E-state index in [2.05, 4.69) is 15.6 Å². The molecule has 3 rings (SSSR count). The van der Waals surface area contributed by atoms with E-state index >= 15 is 0 Å². The molecule has 0 saturated heterocycles. The third-order valence-corrected chi connectivity index (χ3v) is 5.02.